The van der Waals surface area contributed by atoms with E-state index in [4.69, 9.17) is 8.83 Å². The van der Waals surface area contributed by atoms with Crippen molar-refractivity contribution in [3.63, 3.8) is 0 Å². The molecular formula is C14H11NO3S. The number of amides is 1. The zero-order valence-corrected chi connectivity index (χ0v) is 10.8. The van der Waals surface area contributed by atoms with E-state index in [1.165, 1.54) is 6.26 Å². The number of hydrogen-bond acceptors (Lipinski definition) is 4. The Morgan fingerprint density at radius 3 is 2.79 bits per heavy atom. The highest BCUT2D eigenvalue weighted by molar-refractivity contribution is 7.10. The van der Waals surface area contributed by atoms with Crippen LogP contribution in [0.5, 0.6) is 0 Å². The Morgan fingerprint density at radius 2 is 2.05 bits per heavy atom. The maximum absolute atomic E-state index is 11.7. The summed E-state index contributed by atoms with van der Waals surface area (Å²) < 4.78 is 10.3. The molecule has 96 valence electrons. The fraction of sp³-hybridized carbons (Fsp3) is 0.0714. The molecule has 0 aromatic carbocycles. The molecule has 3 aromatic heterocycles. The first kappa shape index (κ1) is 11.8. The van der Waals surface area contributed by atoms with Crippen LogP contribution in [0.4, 0.5) is 0 Å². The van der Waals surface area contributed by atoms with Crippen molar-refractivity contribution in [2.45, 2.75) is 6.54 Å². The predicted octanol–water partition coefficient (Wildman–Crippen LogP) is 3.53. The molecule has 1 N–H and O–H groups in total. The van der Waals surface area contributed by atoms with Crippen molar-refractivity contribution in [1.29, 1.82) is 0 Å². The Labute approximate surface area is 113 Å². The Bertz CT molecular complexity index is 653. The highest BCUT2D eigenvalue weighted by atomic mass is 32.1. The molecule has 0 aliphatic rings. The maximum atomic E-state index is 11.7. The summed E-state index contributed by atoms with van der Waals surface area (Å²) in [5.74, 6) is 0.945. The van der Waals surface area contributed by atoms with Crippen LogP contribution in [-0.4, -0.2) is 5.91 Å². The molecule has 3 rings (SSSR count). The van der Waals surface area contributed by atoms with Gasteiger partial charge in [0.15, 0.2) is 5.76 Å². The maximum Gasteiger partial charge on any atom is 0.287 e. The van der Waals surface area contributed by atoms with Crippen LogP contribution < -0.4 is 5.32 Å². The number of nitrogens with one attached hydrogen (secondary N) is 1. The molecular weight excluding hydrogens is 262 g/mol. The van der Waals surface area contributed by atoms with Crippen molar-refractivity contribution < 1.29 is 13.6 Å². The molecule has 0 saturated carbocycles. The second-order valence-corrected chi connectivity index (χ2v) is 4.93. The van der Waals surface area contributed by atoms with E-state index in [1.54, 1.807) is 29.7 Å². The summed E-state index contributed by atoms with van der Waals surface area (Å²) in [5.41, 5.74) is 1.03. The van der Waals surface area contributed by atoms with Crippen molar-refractivity contribution in [1.82, 2.24) is 5.32 Å². The largest absolute Gasteiger partial charge is 0.464 e. The number of furan rings is 2. The van der Waals surface area contributed by atoms with Gasteiger partial charge < -0.3 is 14.2 Å². The number of hydrogen-bond donors (Lipinski definition) is 1. The van der Waals surface area contributed by atoms with Gasteiger partial charge in [-0.2, -0.15) is 0 Å². The third-order valence-corrected chi connectivity index (χ3v) is 3.56. The van der Waals surface area contributed by atoms with Crippen molar-refractivity contribution in [3.05, 3.63) is 58.9 Å². The Balaban J connectivity index is 1.63. The van der Waals surface area contributed by atoms with Crippen molar-refractivity contribution in [3.8, 4) is 11.3 Å². The SMILES string of the molecule is O=C(NCc1cc(-c2ccco2)cs1)c1ccco1. The summed E-state index contributed by atoms with van der Waals surface area (Å²) in [6.45, 7) is 0.477. The second-order valence-electron chi connectivity index (χ2n) is 3.94. The molecule has 0 aliphatic heterocycles. The molecule has 0 bridgehead atoms. The van der Waals surface area contributed by atoms with E-state index < -0.39 is 0 Å². The standard InChI is InChI=1S/C14H11NO3S/c16-14(13-4-2-6-18-13)15-8-11-7-10(9-19-11)12-3-1-5-17-12/h1-7,9H,8H2,(H,15,16). The van der Waals surface area contributed by atoms with E-state index in [0.717, 1.165) is 16.2 Å². The lowest BCUT2D eigenvalue weighted by atomic mass is 10.2. The van der Waals surface area contributed by atoms with Gasteiger partial charge in [0, 0.05) is 15.8 Å². The van der Waals surface area contributed by atoms with Gasteiger partial charge in [-0.3, -0.25) is 4.79 Å². The van der Waals surface area contributed by atoms with Crippen LogP contribution >= 0.6 is 11.3 Å². The van der Waals surface area contributed by atoms with Gasteiger partial charge in [-0.05, 0) is 30.3 Å². The summed E-state index contributed by atoms with van der Waals surface area (Å²) in [7, 11) is 0. The Hall–Kier alpha value is -2.27. The number of rotatable bonds is 4. The zero-order valence-electron chi connectivity index (χ0n) is 9.96. The van der Waals surface area contributed by atoms with Crippen molar-refractivity contribution in [2.24, 2.45) is 0 Å². The van der Waals surface area contributed by atoms with Crippen molar-refractivity contribution >= 4 is 17.2 Å². The molecule has 0 saturated heterocycles. The Kier molecular flexibility index (Phi) is 3.20. The number of thiophene rings is 1. The summed E-state index contributed by atoms with van der Waals surface area (Å²) >= 11 is 1.58. The van der Waals surface area contributed by atoms with E-state index in [2.05, 4.69) is 5.32 Å². The van der Waals surface area contributed by atoms with E-state index in [-0.39, 0.29) is 5.91 Å². The molecule has 1 amide bonds. The van der Waals surface area contributed by atoms with Crippen LogP contribution in [0.15, 0.2) is 57.1 Å². The molecule has 19 heavy (non-hydrogen) atoms. The third kappa shape index (κ3) is 2.61. The summed E-state index contributed by atoms with van der Waals surface area (Å²) in [6, 6.07) is 9.09. The molecule has 0 unspecified atom stereocenters. The van der Waals surface area contributed by atoms with Crippen LogP contribution in [0.1, 0.15) is 15.4 Å². The van der Waals surface area contributed by atoms with Gasteiger partial charge in [0.1, 0.15) is 5.76 Å². The average Bonchev–Trinajstić information content (AvgIpc) is 3.14. The van der Waals surface area contributed by atoms with E-state index in [1.807, 2.05) is 23.6 Å². The van der Waals surface area contributed by atoms with Gasteiger partial charge in [-0.1, -0.05) is 0 Å². The number of carbonyl (C=O) groups excluding carboxylic acids is 1. The first-order valence-corrected chi connectivity index (χ1v) is 6.64. The molecule has 0 spiro atoms. The van der Waals surface area contributed by atoms with Gasteiger partial charge in [0.05, 0.1) is 19.1 Å². The highest BCUT2D eigenvalue weighted by Gasteiger charge is 2.09. The van der Waals surface area contributed by atoms with E-state index in [0.29, 0.717) is 12.3 Å². The molecule has 0 aliphatic carbocycles. The van der Waals surface area contributed by atoms with Gasteiger partial charge in [0.25, 0.3) is 5.91 Å². The fourth-order valence-electron chi connectivity index (χ4n) is 1.71. The average molecular weight is 273 g/mol. The van der Waals surface area contributed by atoms with Crippen LogP contribution in [0.3, 0.4) is 0 Å². The minimum Gasteiger partial charge on any atom is -0.464 e. The second kappa shape index (κ2) is 5.16. The minimum absolute atomic E-state index is 0.210. The van der Waals surface area contributed by atoms with Crippen LogP contribution in [0, 0.1) is 0 Å². The quantitative estimate of drug-likeness (QED) is 0.791. The normalized spacial score (nSPS) is 10.5. The summed E-state index contributed by atoms with van der Waals surface area (Å²) in [6.07, 6.45) is 3.13. The fourth-order valence-corrected chi connectivity index (χ4v) is 2.52. The topological polar surface area (TPSA) is 55.4 Å². The van der Waals surface area contributed by atoms with Crippen LogP contribution in [0.25, 0.3) is 11.3 Å². The molecule has 4 nitrogen and oxygen atoms in total. The predicted molar refractivity (Wildman–Crippen MR) is 71.9 cm³/mol. The van der Waals surface area contributed by atoms with Gasteiger partial charge in [-0.25, -0.2) is 0 Å². The monoisotopic (exact) mass is 273 g/mol. The highest BCUT2D eigenvalue weighted by Crippen LogP contribution is 2.25. The molecule has 0 fully saturated rings. The molecule has 5 heteroatoms. The first-order valence-electron chi connectivity index (χ1n) is 5.76. The molecule has 3 heterocycles. The van der Waals surface area contributed by atoms with Crippen LogP contribution in [0.2, 0.25) is 0 Å². The Morgan fingerprint density at radius 1 is 1.21 bits per heavy atom. The lowest BCUT2D eigenvalue weighted by molar-refractivity contribution is 0.0923. The first-order chi connectivity index (χ1) is 9.33. The van der Waals surface area contributed by atoms with Crippen LogP contribution in [-0.2, 0) is 6.54 Å². The van der Waals surface area contributed by atoms with Gasteiger partial charge in [-0.15, -0.1) is 11.3 Å². The van der Waals surface area contributed by atoms with Gasteiger partial charge in [0.2, 0.25) is 0 Å². The van der Waals surface area contributed by atoms with E-state index in [9.17, 15) is 4.79 Å². The molecule has 3 aromatic rings. The van der Waals surface area contributed by atoms with Crippen molar-refractivity contribution in [2.75, 3.05) is 0 Å². The molecule has 0 radical (unpaired) electrons. The summed E-state index contributed by atoms with van der Waals surface area (Å²) in [4.78, 5) is 12.8. The van der Waals surface area contributed by atoms with Gasteiger partial charge >= 0.3 is 0 Å². The lowest BCUT2D eigenvalue weighted by Gasteiger charge is -1.99. The lowest BCUT2D eigenvalue weighted by Crippen LogP contribution is -2.21. The smallest absolute Gasteiger partial charge is 0.287 e. The number of carbonyl (C=O) groups is 1. The minimum atomic E-state index is -0.210. The summed E-state index contributed by atoms with van der Waals surface area (Å²) in [5, 5.41) is 4.81. The van der Waals surface area contributed by atoms with E-state index >= 15 is 0 Å². The zero-order chi connectivity index (χ0) is 13.1. The third-order valence-electron chi connectivity index (χ3n) is 2.63. The molecule has 0 atom stereocenters.